The third-order valence-corrected chi connectivity index (χ3v) is 5.53. The zero-order valence-electron chi connectivity index (χ0n) is 11.0. The molecule has 0 aromatic carbocycles. The van der Waals surface area contributed by atoms with Crippen LogP contribution in [0.5, 0.6) is 0 Å². The molecular weight excluding hydrogens is 236 g/mol. The molecule has 4 bridgehead atoms. The summed E-state index contributed by atoms with van der Waals surface area (Å²) in [5.74, 6) is 2.88. The van der Waals surface area contributed by atoms with Gasteiger partial charge in [-0.3, -0.25) is 0 Å². The van der Waals surface area contributed by atoms with Crippen LogP contribution >= 0.6 is 0 Å². The molecule has 4 fully saturated rings. The average Bonchev–Trinajstić information content (AvgIpc) is 2.36. The van der Waals surface area contributed by atoms with Crippen molar-refractivity contribution < 1.29 is 0 Å². The zero-order chi connectivity index (χ0) is 13.0. The van der Waals surface area contributed by atoms with Gasteiger partial charge in [0.05, 0.1) is 5.69 Å². The molecule has 0 radical (unpaired) electrons. The van der Waals surface area contributed by atoms with E-state index in [4.69, 9.17) is 5.73 Å². The van der Waals surface area contributed by atoms with Gasteiger partial charge in [-0.05, 0) is 56.3 Å². The number of hydrogen-bond donors (Lipinski definition) is 1. The first kappa shape index (κ1) is 11.2. The molecule has 1 heterocycles. The minimum absolute atomic E-state index is 0.122. The van der Waals surface area contributed by atoms with E-state index >= 15 is 0 Å². The number of nitriles is 1. The largest absolute Gasteiger partial charge is 0.382 e. The van der Waals surface area contributed by atoms with Crippen molar-refractivity contribution >= 4 is 5.82 Å². The van der Waals surface area contributed by atoms with Crippen LogP contribution in [0.2, 0.25) is 0 Å². The Hall–Kier alpha value is -1.63. The third kappa shape index (κ3) is 1.51. The second kappa shape index (κ2) is 3.69. The smallest absolute Gasteiger partial charge is 0.145 e. The predicted octanol–water partition coefficient (Wildman–Crippen LogP) is 2.40. The van der Waals surface area contributed by atoms with Crippen LogP contribution in [-0.4, -0.2) is 9.97 Å². The van der Waals surface area contributed by atoms with Crippen LogP contribution in [0.15, 0.2) is 6.33 Å². The molecule has 4 aliphatic carbocycles. The summed E-state index contributed by atoms with van der Waals surface area (Å²) < 4.78 is 0. The van der Waals surface area contributed by atoms with Crippen LogP contribution in [0, 0.1) is 29.1 Å². The van der Waals surface area contributed by atoms with E-state index in [0.717, 1.165) is 23.4 Å². The number of rotatable bonds is 1. The Labute approximate surface area is 113 Å². The Bertz CT molecular complexity index is 537. The van der Waals surface area contributed by atoms with E-state index in [2.05, 4.69) is 16.0 Å². The predicted molar refractivity (Wildman–Crippen MR) is 71.0 cm³/mol. The van der Waals surface area contributed by atoms with Gasteiger partial charge >= 0.3 is 0 Å². The van der Waals surface area contributed by atoms with Crippen LogP contribution < -0.4 is 5.73 Å². The second-order valence-electron chi connectivity index (χ2n) is 6.79. The maximum absolute atomic E-state index is 9.39. The summed E-state index contributed by atoms with van der Waals surface area (Å²) in [5, 5.41) is 9.39. The average molecular weight is 254 g/mol. The fourth-order valence-corrected chi connectivity index (χ4v) is 5.31. The van der Waals surface area contributed by atoms with Crippen LogP contribution in [-0.2, 0) is 5.41 Å². The van der Waals surface area contributed by atoms with Crippen molar-refractivity contribution in [1.82, 2.24) is 9.97 Å². The lowest BCUT2D eigenvalue weighted by Gasteiger charge is -2.56. The van der Waals surface area contributed by atoms with Crippen molar-refractivity contribution in [3.63, 3.8) is 0 Å². The standard InChI is InChI=1S/C15H18N4/c16-7-12-13(18-8-19-14(12)17)15-4-9-1-10(5-15)3-11(2-9)6-15/h8-11H,1-6H2,(H2,17,18,19). The Morgan fingerprint density at radius 2 is 1.68 bits per heavy atom. The number of nitrogens with two attached hydrogens (primary N) is 1. The maximum atomic E-state index is 9.39. The topological polar surface area (TPSA) is 75.6 Å². The van der Waals surface area contributed by atoms with Gasteiger partial charge in [0.25, 0.3) is 0 Å². The van der Waals surface area contributed by atoms with E-state index in [1.165, 1.54) is 44.9 Å². The molecule has 4 aliphatic rings. The van der Waals surface area contributed by atoms with E-state index in [1.807, 2.05) is 0 Å². The number of anilines is 1. The lowest BCUT2D eigenvalue weighted by Crippen LogP contribution is -2.49. The van der Waals surface area contributed by atoms with E-state index in [-0.39, 0.29) is 5.41 Å². The van der Waals surface area contributed by atoms with Crippen LogP contribution in [0.1, 0.15) is 49.8 Å². The van der Waals surface area contributed by atoms with Gasteiger partial charge in [-0.15, -0.1) is 0 Å². The molecule has 0 amide bonds. The van der Waals surface area contributed by atoms with Crippen molar-refractivity contribution in [3.05, 3.63) is 17.6 Å². The van der Waals surface area contributed by atoms with Crippen LogP contribution in [0.3, 0.4) is 0 Å². The number of hydrogen-bond acceptors (Lipinski definition) is 4. The van der Waals surface area contributed by atoms with Gasteiger partial charge in [0.15, 0.2) is 0 Å². The molecule has 0 unspecified atom stereocenters. The summed E-state index contributed by atoms with van der Waals surface area (Å²) >= 11 is 0. The van der Waals surface area contributed by atoms with E-state index in [0.29, 0.717) is 11.4 Å². The first-order valence-electron chi connectivity index (χ1n) is 7.21. The molecule has 2 N–H and O–H groups in total. The molecule has 4 heteroatoms. The highest BCUT2D eigenvalue weighted by molar-refractivity contribution is 5.53. The summed E-state index contributed by atoms with van der Waals surface area (Å²) in [4.78, 5) is 8.47. The zero-order valence-corrected chi connectivity index (χ0v) is 11.0. The second-order valence-corrected chi connectivity index (χ2v) is 6.79. The number of aromatic nitrogens is 2. The Morgan fingerprint density at radius 3 is 2.21 bits per heavy atom. The molecule has 98 valence electrons. The van der Waals surface area contributed by atoms with Crippen molar-refractivity contribution in [2.75, 3.05) is 5.73 Å². The fraction of sp³-hybridized carbons (Fsp3) is 0.667. The molecule has 1 aromatic rings. The van der Waals surface area contributed by atoms with Gasteiger partial charge in [-0.1, -0.05) is 0 Å². The van der Waals surface area contributed by atoms with E-state index in [1.54, 1.807) is 0 Å². The molecule has 1 aromatic heterocycles. The molecule has 0 atom stereocenters. The van der Waals surface area contributed by atoms with Crippen molar-refractivity contribution in [3.8, 4) is 6.07 Å². The van der Waals surface area contributed by atoms with Gasteiger partial charge in [0, 0.05) is 5.41 Å². The first-order chi connectivity index (χ1) is 9.20. The summed E-state index contributed by atoms with van der Waals surface area (Å²) in [5.41, 5.74) is 7.48. The lowest BCUT2D eigenvalue weighted by atomic mass is 9.48. The summed E-state index contributed by atoms with van der Waals surface area (Å²) in [6.07, 6.45) is 9.30. The molecule has 0 aliphatic heterocycles. The van der Waals surface area contributed by atoms with Gasteiger partial charge in [-0.2, -0.15) is 5.26 Å². The highest BCUT2D eigenvalue weighted by atomic mass is 14.9. The van der Waals surface area contributed by atoms with Crippen molar-refractivity contribution in [2.24, 2.45) is 17.8 Å². The van der Waals surface area contributed by atoms with Gasteiger partial charge in [0.1, 0.15) is 23.8 Å². The summed E-state index contributed by atoms with van der Waals surface area (Å²) in [6, 6.07) is 2.24. The monoisotopic (exact) mass is 254 g/mol. The van der Waals surface area contributed by atoms with Gasteiger partial charge < -0.3 is 5.73 Å². The Kier molecular flexibility index (Phi) is 2.18. The number of nitrogen functional groups attached to an aromatic ring is 1. The quantitative estimate of drug-likeness (QED) is 0.835. The van der Waals surface area contributed by atoms with E-state index in [9.17, 15) is 5.26 Å². The normalized spacial score (nSPS) is 39.2. The molecule has 5 rings (SSSR count). The fourth-order valence-electron chi connectivity index (χ4n) is 5.31. The van der Waals surface area contributed by atoms with Crippen molar-refractivity contribution in [2.45, 2.75) is 43.9 Å². The maximum Gasteiger partial charge on any atom is 0.145 e. The number of nitrogens with zero attached hydrogens (tertiary/aromatic N) is 3. The highest BCUT2D eigenvalue weighted by Gasteiger charge is 2.53. The van der Waals surface area contributed by atoms with Gasteiger partial charge in [-0.25, -0.2) is 9.97 Å². The minimum atomic E-state index is 0.122. The minimum Gasteiger partial charge on any atom is -0.382 e. The third-order valence-electron chi connectivity index (χ3n) is 5.53. The molecule has 4 saturated carbocycles. The SMILES string of the molecule is N#Cc1c(N)ncnc1C12CC3CC(CC(C3)C1)C2. The van der Waals surface area contributed by atoms with Crippen LogP contribution in [0.25, 0.3) is 0 Å². The molecule has 0 saturated heterocycles. The lowest BCUT2D eigenvalue weighted by molar-refractivity contribution is -0.00736. The van der Waals surface area contributed by atoms with Crippen LogP contribution in [0.4, 0.5) is 5.82 Å². The van der Waals surface area contributed by atoms with Gasteiger partial charge in [0.2, 0.25) is 0 Å². The molecular formula is C15H18N4. The highest BCUT2D eigenvalue weighted by Crippen LogP contribution is 2.60. The van der Waals surface area contributed by atoms with Crippen molar-refractivity contribution in [1.29, 1.82) is 5.26 Å². The first-order valence-corrected chi connectivity index (χ1v) is 7.21. The Morgan fingerprint density at radius 1 is 1.11 bits per heavy atom. The Balaban J connectivity index is 1.84. The molecule has 0 spiro atoms. The summed E-state index contributed by atoms with van der Waals surface area (Å²) in [7, 11) is 0. The van der Waals surface area contributed by atoms with E-state index < -0.39 is 0 Å². The molecule has 4 nitrogen and oxygen atoms in total. The molecule has 19 heavy (non-hydrogen) atoms. The summed E-state index contributed by atoms with van der Waals surface area (Å²) in [6.45, 7) is 0.